The molecule has 0 spiro atoms. The maximum atomic E-state index is 10.5. The van der Waals surface area contributed by atoms with Crippen molar-refractivity contribution in [3.05, 3.63) is 52.6 Å². The van der Waals surface area contributed by atoms with Crippen LogP contribution in [0, 0.1) is 0 Å². The summed E-state index contributed by atoms with van der Waals surface area (Å²) in [5.41, 5.74) is 1.69. The number of aromatic nitrogens is 2. The van der Waals surface area contributed by atoms with E-state index in [-0.39, 0.29) is 6.42 Å². The zero-order chi connectivity index (χ0) is 12.3. The second-order valence-corrected chi connectivity index (χ2v) is 4.17. The molecule has 0 amide bonds. The number of nitrogens with one attached hydrogen (secondary N) is 1. The first-order valence-electron chi connectivity index (χ1n) is 5.12. The summed E-state index contributed by atoms with van der Waals surface area (Å²) in [4.78, 5) is 17.6. The summed E-state index contributed by atoms with van der Waals surface area (Å²) >= 11 is 5.79. The van der Waals surface area contributed by atoms with E-state index < -0.39 is 5.97 Å². The highest BCUT2D eigenvalue weighted by Gasteiger charge is 2.05. The van der Waals surface area contributed by atoms with Gasteiger partial charge in [-0.2, -0.15) is 0 Å². The lowest BCUT2D eigenvalue weighted by Gasteiger charge is -1.98. The molecule has 1 heterocycles. The summed E-state index contributed by atoms with van der Waals surface area (Å²) in [6.45, 7) is 0. The molecule has 0 saturated carbocycles. The van der Waals surface area contributed by atoms with Gasteiger partial charge >= 0.3 is 5.97 Å². The Bertz CT molecular complexity index is 520. The fourth-order valence-electron chi connectivity index (χ4n) is 1.54. The van der Waals surface area contributed by atoms with Gasteiger partial charge in [0.15, 0.2) is 0 Å². The van der Waals surface area contributed by atoms with E-state index in [1.807, 2.05) is 24.3 Å². The zero-order valence-corrected chi connectivity index (χ0v) is 9.74. The zero-order valence-electron chi connectivity index (χ0n) is 8.98. The van der Waals surface area contributed by atoms with Crippen LogP contribution in [0.15, 0.2) is 30.5 Å². The highest BCUT2D eigenvalue weighted by molar-refractivity contribution is 6.30. The molecule has 0 aliphatic rings. The van der Waals surface area contributed by atoms with Crippen LogP contribution in [-0.4, -0.2) is 21.0 Å². The molecule has 0 radical (unpaired) electrons. The standard InChI is InChI=1S/C12H11ClN2O2/c13-9-3-1-8(2-4-9)5-11-14-7-10(15-11)6-12(16)17/h1-4,7H,5-6H2,(H,14,15)(H,16,17). The van der Waals surface area contributed by atoms with E-state index in [1.54, 1.807) is 6.20 Å². The van der Waals surface area contributed by atoms with E-state index in [0.717, 1.165) is 11.4 Å². The summed E-state index contributed by atoms with van der Waals surface area (Å²) in [6, 6.07) is 7.47. The monoisotopic (exact) mass is 250 g/mol. The maximum absolute atomic E-state index is 10.5. The summed E-state index contributed by atoms with van der Waals surface area (Å²) in [5, 5.41) is 9.33. The van der Waals surface area contributed by atoms with Crippen LogP contribution in [0.25, 0.3) is 0 Å². The average Bonchev–Trinajstić information content (AvgIpc) is 2.68. The number of carboxylic acids is 1. The van der Waals surface area contributed by atoms with Crippen molar-refractivity contribution in [3.63, 3.8) is 0 Å². The number of benzene rings is 1. The summed E-state index contributed by atoms with van der Waals surface area (Å²) < 4.78 is 0. The third-order valence-corrected chi connectivity index (χ3v) is 2.56. The number of H-pyrrole nitrogens is 1. The minimum atomic E-state index is -0.869. The molecule has 0 bridgehead atoms. The molecule has 5 heteroatoms. The van der Waals surface area contributed by atoms with Crippen LogP contribution < -0.4 is 0 Å². The number of hydrogen-bond acceptors (Lipinski definition) is 2. The third-order valence-electron chi connectivity index (χ3n) is 2.31. The molecule has 1 aromatic carbocycles. The van der Waals surface area contributed by atoms with E-state index in [4.69, 9.17) is 16.7 Å². The first-order chi connectivity index (χ1) is 8.13. The van der Waals surface area contributed by atoms with Crippen molar-refractivity contribution in [2.24, 2.45) is 0 Å². The van der Waals surface area contributed by atoms with Gasteiger partial charge in [0, 0.05) is 23.3 Å². The Labute approximate surface area is 103 Å². The van der Waals surface area contributed by atoms with Crippen molar-refractivity contribution in [1.29, 1.82) is 0 Å². The van der Waals surface area contributed by atoms with E-state index >= 15 is 0 Å². The van der Waals surface area contributed by atoms with Gasteiger partial charge in [-0.25, -0.2) is 4.98 Å². The van der Waals surface area contributed by atoms with E-state index in [2.05, 4.69) is 9.97 Å². The van der Waals surface area contributed by atoms with Gasteiger partial charge in [0.05, 0.1) is 6.42 Å². The molecule has 4 nitrogen and oxygen atoms in total. The van der Waals surface area contributed by atoms with Gasteiger partial charge in [-0.3, -0.25) is 4.79 Å². The van der Waals surface area contributed by atoms with Crippen molar-refractivity contribution in [2.45, 2.75) is 12.8 Å². The summed E-state index contributed by atoms with van der Waals surface area (Å²) in [6.07, 6.45) is 2.16. The highest BCUT2D eigenvalue weighted by atomic mass is 35.5. The second-order valence-electron chi connectivity index (χ2n) is 3.73. The lowest BCUT2D eigenvalue weighted by Crippen LogP contribution is -2.00. The molecule has 0 atom stereocenters. The fraction of sp³-hybridized carbons (Fsp3) is 0.167. The number of imidazole rings is 1. The Morgan fingerprint density at radius 3 is 2.71 bits per heavy atom. The number of rotatable bonds is 4. The molecule has 0 saturated heterocycles. The lowest BCUT2D eigenvalue weighted by atomic mass is 10.1. The summed E-state index contributed by atoms with van der Waals surface area (Å²) in [7, 11) is 0. The number of hydrogen-bond donors (Lipinski definition) is 2. The van der Waals surface area contributed by atoms with Gasteiger partial charge in [0.1, 0.15) is 5.82 Å². The smallest absolute Gasteiger partial charge is 0.309 e. The molecule has 2 N–H and O–H groups in total. The molecule has 0 fully saturated rings. The Kier molecular flexibility index (Phi) is 3.44. The number of nitrogens with zero attached hydrogens (tertiary/aromatic N) is 1. The van der Waals surface area contributed by atoms with E-state index in [0.29, 0.717) is 17.1 Å². The minimum Gasteiger partial charge on any atom is -0.481 e. The first kappa shape index (κ1) is 11.7. The molecule has 88 valence electrons. The number of carbonyl (C=O) groups is 1. The Hall–Kier alpha value is -1.81. The lowest BCUT2D eigenvalue weighted by molar-refractivity contribution is -0.136. The molecular formula is C12H11ClN2O2. The molecule has 1 aromatic heterocycles. The van der Waals surface area contributed by atoms with Gasteiger partial charge in [-0.1, -0.05) is 23.7 Å². The van der Waals surface area contributed by atoms with Crippen LogP contribution in [0.2, 0.25) is 5.02 Å². The molecule has 2 rings (SSSR count). The molecule has 0 unspecified atom stereocenters. The van der Waals surface area contributed by atoms with E-state index in [9.17, 15) is 4.79 Å². The number of aromatic amines is 1. The van der Waals surface area contributed by atoms with Crippen LogP contribution >= 0.6 is 11.6 Å². The number of halogens is 1. The fourth-order valence-corrected chi connectivity index (χ4v) is 1.67. The normalized spacial score (nSPS) is 10.4. The van der Waals surface area contributed by atoms with Crippen LogP contribution in [0.5, 0.6) is 0 Å². The van der Waals surface area contributed by atoms with Gasteiger partial charge in [0.2, 0.25) is 0 Å². The topological polar surface area (TPSA) is 66.0 Å². The molecule has 0 aliphatic heterocycles. The summed E-state index contributed by atoms with van der Waals surface area (Å²) in [5.74, 6) is -0.115. The van der Waals surface area contributed by atoms with Crippen LogP contribution in [0.4, 0.5) is 0 Å². The van der Waals surface area contributed by atoms with Crippen molar-refractivity contribution in [2.75, 3.05) is 0 Å². The number of aliphatic carboxylic acids is 1. The minimum absolute atomic E-state index is 0.0341. The van der Waals surface area contributed by atoms with Crippen LogP contribution in [-0.2, 0) is 17.6 Å². The Morgan fingerprint density at radius 2 is 2.06 bits per heavy atom. The molecule has 0 aliphatic carbocycles. The maximum Gasteiger partial charge on any atom is 0.309 e. The molecular weight excluding hydrogens is 240 g/mol. The van der Waals surface area contributed by atoms with Gasteiger partial charge < -0.3 is 10.1 Å². The second kappa shape index (κ2) is 5.01. The third kappa shape index (κ3) is 3.32. The first-order valence-corrected chi connectivity index (χ1v) is 5.50. The Balaban J connectivity index is 2.06. The number of carboxylic acid groups (broad SMARTS) is 1. The van der Waals surface area contributed by atoms with Crippen molar-refractivity contribution in [3.8, 4) is 0 Å². The predicted octanol–water partition coefficient (Wildman–Crippen LogP) is 2.28. The SMILES string of the molecule is O=C(O)Cc1cnc(Cc2ccc(Cl)cc2)[nH]1. The molecule has 17 heavy (non-hydrogen) atoms. The quantitative estimate of drug-likeness (QED) is 0.875. The van der Waals surface area contributed by atoms with Crippen LogP contribution in [0.1, 0.15) is 17.1 Å². The molecule has 2 aromatic rings. The predicted molar refractivity (Wildman–Crippen MR) is 64.2 cm³/mol. The van der Waals surface area contributed by atoms with Crippen molar-refractivity contribution < 1.29 is 9.90 Å². The van der Waals surface area contributed by atoms with E-state index in [1.165, 1.54) is 0 Å². The highest BCUT2D eigenvalue weighted by Crippen LogP contribution is 2.12. The van der Waals surface area contributed by atoms with Crippen molar-refractivity contribution >= 4 is 17.6 Å². The van der Waals surface area contributed by atoms with Crippen LogP contribution in [0.3, 0.4) is 0 Å². The van der Waals surface area contributed by atoms with Gasteiger partial charge in [-0.05, 0) is 17.7 Å². The van der Waals surface area contributed by atoms with Gasteiger partial charge in [-0.15, -0.1) is 0 Å². The Morgan fingerprint density at radius 1 is 1.35 bits per heavy atom. The average molecular weight is 251 g/mol. The largest absolute Gasteiger partial charge is 0.481 e. The van der Waals surface area contributed by atoms with Crippen molar-refractivity contribution in [1.82, 2.24) is 9.97 Å². The van der Waals surface area contributed by atoms with Gasteiger partial charge in [0.25, 0.3) is 0 Å².